The van der Waals surface area contributed by atoms with Crippen LogP contribution in [0.4, 0.5) is 0 Å². The van der Waals surface area contributed by atoms with Gasteiger partial charge in [-0.25, -0.2) is 0 Å². The van der Waals surface area contributed by atoms with Gasteiger partial charge in [-0.2, -0.15) is 0 Å². The Balaban J connectivity index is 2.92. The minimum atomic E-state index is -0.281. The number of nitrogens with one attached hydrogen (secondary N) is 1. The van der Waals surface area contributed by atoms with Gasteiger partial charge in [-0.05, 0) is 12.1 Å². The lowest BCUT2D eigenvalue weighted by molar-refractivity contribution is 0.0957. The van der Waals surface area contributed by atoms with E-state index in [9.17, 15) is 4.79 Å². The summed E-state index contributed by atoms with van der Waals surface area (Å²) < 4.78 is 5.67. The van der Waals surface area contributed by atoms with Crippen LogP contribution in [0, 0.1) is 0 Å². The summed E-state index contributed by atoms with van der Waals surface area (Å²) in [4.78, 5) is 11.7. The highest BCUT2D eigenvalue weighted by atomic mass is 79.9. The molecule has 1 N–H and O–H groups in total. The molecule has 0 unspecified atom stereocenters. The fourth-order valence-corrected chi connectivity index (χ4v) is 1.95. The number of methoxy groups -OCH3 is 1. The second-order valence-electron chi connectivity index (χ2n) is 3.17. The van der Waals surface area contributed by atoms with Crippen molar-refractivity contribution in [3.63, 3.8) is 0 Å². The fourth-order valence-electron chi connectivity index (χ4n) is 1.16. The van der Waals surface area contributed by atoms with Gasteiger partial charge in [0.1, 0.15) is 0 Å². The lowest BCUT2D eigenvalue weighted by Crippen LogP contribution is -2.24. The van der Waals surface area contributed by atoms with Gasteiger partial charge < -0.3 is 10.1 Å². The zero-order valence-electron chi connectivity index (χ0n) is 9.02. The van der Waals surface area contributed by atoms with Crippen molar-refractivity contribution in [1.82, 2.24) is 5.32 Å². The van der Waals surface area contributed by atoms with Crippen molar-refractivity contribution in [3.05, 3.63) is 38.8 Å². The Kier molecular flexibility index (Phi) is 5.31. The van der Waals surface area contributed by atoms with E-state index in [1.807, 2.05) is 0 Å². The van der Waals surface area contributed by atoms with E-state index in [4.69, 9.17) is 27.9 Å². The van der Waals surface area contributed by atoms with Crippen LogP contribution in [0.2, 0.25) is 10.0 Å². The molecule has 0 aliphatic heterocycles. The fraction of sp³-hybridized carbons (Fsp3) is 0.182. The van der Waals surface area contributed by atoms with E-state index in [1.165, 1.54) is 19.2 Å². The molecule has 0 atom stereocenters. The SMILES string of the molecule is C=C(Br)CNC(=O)c1cc(Cl)c(OC)c(Cl)c1. The van der Waals surface area contributed by atoms with Gasteiger partial charge in [0, 0.05) is 16.6 Å². The molecule has 6 heteroatoms. The highest BCUT2D eigenvalue weighted by Crippen LogP contribution is 2.33. The predicted molar refractivity (Wildman–Crippen MR) is 73.4 cm³/mol. The zero-order valence-corrected chi connectivity index (χ0v) is 12.1. The Morgan fingerprint density at radius 1 is 1.47 bits per heavy atom. The number of carbonyl (C=O) groups excluding carboxylic acids is 1. The third-order valence-electron chi connectivity index (χ3n) is 1.91. The Morgan fingerprint density at radius 3 is 2.41 bits per heavy atom. The highest BCUT2D eigenvalue weighted by molar-refractivity contribution is 9.11. The van der Waals surface area contributed by atoms with Crippen molar-refractivity contribution >= 4 is 45.0 Å². The van der Waals surface area contributed by atoms with Gasteiger partial charge >= 0.3 is 0 Å². The molecule has 92 valence electrons. The van der Waals surface area contributed by atoms with Gasteiger partial charge in [0.25, 0.3) is 5.91 Å². The third-order valence-corrected chi connectivity index (χ3v) is 2.75. The van der Waals surface area contributed by atoms with Crippen LogP contribution in [0.15, 0.2) is 23.2 Å². The highest BCUT2D eigenvalue weighted by Gasteiger charge is 2.13. The van der Waals surface area contributed by atoms with E-state index in [0.717, 1.165) is 0 Å². The summed E-state index contributed by atoms with van der Waals surface area (Å²) in [5.74, 6) is 0.0758. The Labute approximate surface area is 118 Å². The molecule has 0 saturated heterocycles. The minimum absolute atomic E-state index is 0.281. The van der Waals surface area contributed by atoms with Crippen LogP contribution in [0.1, 0.15) is 10.4 Å². The molecule has 1 aromatic rings. The van der Waals surface area contributed by atoms with Crippen molar-refractivity contribution in [2.45, 2.75) is 0 Å². The number of rotatable bonds is 4. The van der Waals surface area contributed by atoms with Crippen LogP contribution in [-0.2, 0) is 0 Å². The van der Waals surface area contributed by atoms with Crippen molar-refractivity contribution < 1.29 is 9.53 Å². The number of ether oxygens (including phenoxy) is 1. The minimum Gasteiger partial charge on any atom is -0.494 e. The number of hydrogen-bond acceptors (Lipinski definition) is 2. The molecule has 1 rings (SSSR count). The first-order chi connectivity index (χ1) is 7.95. The number of carbonyl (C=O) groups is 1. The smallest absolute Gasteiger partial charge is 0.251 e. The average molecular weight is 339 g/mol. The molecule has 0 aromatic heterocycles. The van der Waals surface area contributed by atoms with E-state index in [1.54, 1.807) is 0 Å². The van der Waals surface area contributed by atoms with Crippen LogP contribution in [0.3, 0.4) is 0 Å². The summed E-state index contributed by atoms with van der Waals surface area (Å²) >= 11 is 15.0. The molecule has 0 aliphatic rings. The Hall–Kier alpha value is -0.710. The summed E-state index contributed by atoms with van der Waals surface area (Å²) in [5.41, 5.74) is 0.370. The topological polar surface area (TPSA) is 38.3 Å². The van der Waals surface area contributed by atoms with Gasteiger partial charge in [-0.3, -0.25) is 4.79 Å². The van der Waals surface area contributed by atoms with Gasteiger partial charge in [-0.1, -0.05) is 45.7 Å². The van der Waals surface area contributed by atoms with E-state index < -0.39 is 0 Å². The first-order valence-electron chi connectivity index (χ1n) is 4.60. The average Bonchev–Trinajstić information content (AvgIpc) is 2.25. The van der Waals surface area contributed by atoms with Crippen molar-refractivity contribution in [1.29, 1.82) is 0 Å². The molecule has 1 amide bonds. The second kappa shape index (κ2) is 6.28. The monoisotopic (exact) mass is 337 g/mol. The van der Waals surface area contributed by atoms with Crippen molar-refractivity contribution in [3.8, 4) is 5.75 Å². The summed E-state index contributed by atoms with van der Waals surface area (Å²) in [6.07, 6.45) is 0. The van der Waals surface area contributed by atoms with E-state index >= 15 is 0 Å². The van der Waals surface area contributed by atoms with Gasteiger partial charge in [0.15, 0.2) is 5.75 Å². The van der Waals surface area contributed by atoms with E-state index in [0.29, 0.717) is 32.4 Å². The molecule has 0 heterocycles. The maximum Gasteiger partial charge on any atom is 0.251 e. The molecule has 0 aliphatic carbocycles. The molecule has 0 saturated carbocycles. The first-order valence-corrected chi connectivity index (χ1v) is 6.15. The molecule has 0 spiro atoms. The number of hydrogen-bond donors (Lipinski definition) is 1. The summed E-state index contributed by atoms with van der Waals surface area (Å²) in [5, 5.41) is 3.24. The van der Waals surface area contributed by atoms with Crippen LogP contribution in [0.25, 0.3) is 0 Å². The van der Waals surface area contributed by atoms with Gasteiger partial charge in [0.2, 0.25) is 0 Å². The first kappa shape index (κ1) is 14.4. The second-order valence-corrected chi connectivity index (χ2v) is 5.11. The largest absolute Gasteiger partial charge is 0.494 e. The summed E-state index contributed by atoms with van der Waals surface area (Å²) in [6, 6.07) is 3.00. The van der Waals surface area contributed by atoms with E-state index in [-0.39, 0.29) is 5.91 Å². The lowest BCUT2D eigenvalue weighted by Gasteiger charge is -2.09. The molecular formula is C11H10BrCl2NO2. The predicted octanol–water partition coefficient (Wildman–Crippen LogP) is 3.64. The maximum atomic E-state index is 11.7. The van der Waals surface area contributed by atoms with Crippen LogP contribution in [-0.4, -0.2) is 19.6 Å². The van der Waals surface area contributed by atoms with Crippen LogP contribution >= 0.6 is 39.1 Å². The van der Waals surface area contributed by atoms with Crippen molar-refractivity contribution in [2.24, 2.45) is 0 Å². The van der Waals surface area contributed by atoms with Gasteiger partial charge in [-0.15, -0.1) is 0 Å². The molecule has 17 heavy (non-hydrogen) atoms. The lowest BCUT2D eigenvalue weighted by atomic mass is 10.2. The quantitative estimate of drug-likeness (QED) is 0.910. The maximum absolute atomic E-state index is 11.7. The molecule has 1 aromatic carbocycles. The van der Waals surface area contributed by atoms with E-state index in [2.05, 4.69) is 27.8 Å². The third kappa shape index (κ3) is 3.91. The number of benzene rings is 1. The molecule has 0 radical (unpaired) electrons. The van der Waals surface area contributed by atoms with Crippen molar-refractivity contribution in [2.75, 3.05) is 13.7 Å². The number of halogens is 3. The summed E-state index contributed by atoms with van der Waals surface area (Å²) in [6.45, 7) is 3.95. The Bertz CT molecular complexity index is 440. The summed E-state index contributed by atoms with van der Waals surface area (Å²) in [7, 11) is 1.46. The Morgan fingerprint density at radius 2 is 2.00 bits per heavy atom. The molecular weight excluding hydrogens is 329 g/mol. The normalized spacial score (nSPS) is 9.88. The van der Waals surface area contributed by atoms with Crippen LogP contribution < -0.4 is 10.1 Å². The van der Waals surface area contributed by atoms with Crippen LogP contribution in [0.5, 0.6) is 5.75 Å². The van der Waals surface area contributed by atoms with Gasteiger partial charge in [0.05, 0.1) is 17.2 Å². The molecule has 0 bridgehead atoms. The zero-order chi connectivity index (χ0) is 13.0. The number of amides is 1. The molecule has 3 nitrogen and oxygen atoms in total. The molecule has 0 fully saturated rings. The standard InChI is InChI=1S/C11H10BrCl2NO2/c1-6(12)5-15-11(16)7-3-8(13)10(17-2)9(14)4-7/h3-4H,1,5H2,2H3,(H,15,16).